The van der Waals surface area contributed by atoms with Gasteiger partial charge in [0.1, 0.15) is 10.3 Å². The summed E-state index contributed by atoms with van der Waals surface area (Å²) >= 11 is 2.69. The molecule has 0 N–H and O–H groups in total. The topological polar surface area (TPSA) is 29.0 Å². The quantitative estimate of drug-likeness (QED) is 0.748. The number of halogens is 3. The Morgan fingerprint density at radius 1 is 1.23 bits per heavy atom. The van der Waals surface area contributed by atoms with Crippen molar-refractivity contribution in [3.8, 4) is 0 Å². The standard InChI is InChI=1S/C7H8BrF2N3/c1-13(2)3-4-11-6(9)5(8)7(10)12-4/h3H2,1-2H3. The normalized spacial score (nSPS) is 10.9. The molecule has 0 bridgehead atoms. The van der Waals surface area contributed by atoms with E-state index in [2.05, 4.69) is 25.9 Å². The van der Waals surface area contributed by atoms with Crippen molar-refractivity contribution in [1.29, 1.82) is 0 Å². The van der Waals surface area contributed by atoms with Crippen LogP contribution in [0.25, 0.3) is 0 Å². The van der Waals surface area contributed by atoms with Gasteiger partial charge in [0.25, 0.3) is 0 Å². The minimum atomic E-state index is -0.871. The number of rotatable bonds is 2. The third-order valence-corrected chi connectivity index (χ3v) is 1.93. The Morgan fingerprint density at radius 2 is 1.69 bits per heavy atom. The van der Waals surface area contributed by atoms with Crippen LogP contribution in [0.2, 0.25) is 0 Å². The largest absolute Gasteiger partial charge is 0.302 e. The fourth-order valence-electron chi connectivity index (χ4n) is 0.788. The molecule has 0 saturated heterocycles. The smallest absolute Gasteiger partial charge is 0.233 e. The number of aromatic nitrogens is 2. The molecule has 1 rings (SSSR count). The van der Waals surface area contributed by atoms with E-state index in [1.165, 1.54) is 0 Å². The third-order valence-electron chi connectivity index (χ3n) is 1.27. The average molecular weight is 252 g/mol. The highest BCUT2D eigenvalue weighted by Gasteiger charge is 2.11. The fraction of sp³-hybridized carbons (Fsp3) is 0.429. The molecule has 0 aromatic carbocycles. The number of nitrogens with zero attached hydrogens (tertiary/aromatic N) is 3. The van der Waals surface area contributed by atoms with E-state index >= 15 is 0 Å². The second-order valence-electron chi connectivity index (χ2n) is 2.77. The SMILES string of the molecule is CN(C)Cc1nc(F)c(Br)c(F)n1. The maximum Gasteiger partial charge on any atom is 0.233 e. The first-order chi connectivity index (χ1) is 6.00. The summed E-state index contributed by atoms with van der Waals surface area (Å²) in [7, 11) is 3.53. The molecule has 0 fully saturated rings. The van der Waals surface area contributed by atoms with Gasteiger partial charge in [0.2, 0.25) is 11.9 Å². The zero-order chi connectivity index (χ0) is 10.0. The van der Waals surface area contributed by atoms with Crippen molar-refractivity contribution in [1.82, 2.24) is 14.9 Å². The van der Waals surface area contributed by atoms with E-state index in [1.54, 1.807) is 19.0 Å². The highest BCUT2D eigenvalue weighted by atomic mass is 79.9. The van der Waals surface area contributed by atoms with Crippen LogP contribution in [0.3, 0.4) is 0 Å². The Morgan fingerprint density at radius 3 is 2.08 bits per heavy atom. The van der Waals surface area contributed by atoms with Gasteiger partial charge in [0, 0.05) is 0 Å². The van der Waals surface area contributed by atoms with Gasteiger partial charge in [0.05, 0.1) is 6.54 Å². The fourth-order valence-corrected chi connectivity index (χ4v) is 0.966. The molecule has 0 atom stereocenters. The molecule has 0 aliphatic heterocycles. The van der Waals surface area contributed by atoms with Gasteiger partial charge in [-0.1, -0.05) is 0 Å². The first-order valence-electron chi connectivity index (χ1n) is 3.53. The lowest BCUT2D eigenvalue weighted by Crippen LogP contribution is -2.15. The second kappa shape index (κ2) is 4.06. The number of hydrogen-bond donors (Lipinski definition) is 0. The van der Waals surface area contributed by atoms with Gasteiger partial charge >= 0.3 is 0 Å². The molecule has 0 radical (unpaired) electrons. The van der Waals surface area contributed by atoms with Crippen LogP contribution in [0, 0.1) is 11.9 Å². The van der Waals surface area contributed by atoms with Gasteiger partial charge in [-0.05, 0) is 30.0 Å². The molecule has 0 spiro atoms. The van der Waals surface area contributed by atoms with Crippen LogP contribution in [0.15, 0.2) is 4.47 Å². The van der Waals surface area contributed by atoms with Crippen molar-refractivity contribution >= 4 is 15.9 Å². The van der Waals surface area contributed by atoms with Gasteiger partial charge in [-0.3, -0.25) is 0 Å². The Balaban J connectivity index is 2.99. The van der Waals surface area contributed by atoms with Gasteiger partial charge < -0.3 is 4.90 Å². The van der Waals surface area contributed by atoms with Gasteiger partial charge in [-0.15, -0.1) is 0 Å². The Labute approximate surface area is 82.9 Å². The molecule has 0 aliphatic carbocycles. The van der Waals surface area contributed by atoms with Crippen LogP contribution in [0.1, 0.15) is 5.82 Å². The van der Waals surface area contributed by atoms with Gasteiger partial charge in [0.15, 0.2) is 0 Å². The molecule has 3 nitrogen and oxygen atoms in total. The van der Waals surface area contributed by atoms with E-state index in [0.717, 1.165) is 0 Å². The lowest BCUT2D eigenvalue weighted by molar-refractivity contribution is 0.378. The van der Waals surface area contributed by atoms with Crippen molar-refractivity contribution in [3.05, 3.63) is 22.2 Å². The van der Waals surface area contributed by atoms with Crippen LogP contribution in [-0.4, -0.2) is 29.0 Å². The summed E-state index contributed by atoms with van der Waals surface area (Å²) in [4.78, 5) is 8.66. The minimum Gasteiger partial charge on any atom is -0.302 e. The third kappa shape index (κ3) is 2.67. The van der Waals surface area contributed by atoms with E-state index in [1.807, 2.05) is 0 Å². The molecule has 13 heavy (non-hydrogen) atoms. The molecular formula is C7H8BrF2N3. The molecular weight excluding hydrogens is 244 g/mol. The van der Waals surface area contributed by atoms with Crippen molar-refractivity contribution in [2.45, 2.75) is 6.54 Å². The minimum absolute atomic E-state index is 0.128. The predicted octanol–water partition coefficient (Wildman–Crippen LogP) is 1.58. The van der Waals surface area contributed by atoms with E-state index in [-0.39, 0.29) is 10.3 Å². The van der Waals surface area contributed by atoms with Crippen molar-refractivity contribution in [3.63, 3.8) is 0 Å². The highest BCUT2D eigenvalue weighted by Crippen LogP contribution is 2.15. The van der Waals surface area contributed by atoms with Crippen molar-refractivity contribution in [2.24, 2.45) is 0 Å². The molecule has 1 heterocycles. The lowest BCUT2D eigenvalue weighted by Gasteiger charge is -2.07. The monoisotopic (exact) mass is 251 g/mol. The van der Waals surface area contributed by atoms with Crippen molar-refractivity contribution in [2.75, 3.05) is 14.1 Å². The van der Waals surface area contributed by atoms with Crippen molar-refractivity contribution < 1.29 is 8.78 Å². The summed E-state index contributed by atoms with van der Waals surface area (Å²) in [6.07, 6.45) is 0. The Bertz CT molecular complexity index is 294. The summed E-state index contributed by atoms with van der Waals surface area (Å²) in [6, 6.07) is 0. The Kier molecular flexibility index (Phi) is 3.27. The highest BCUT2D eigenvalue weighted by molar-refractivity contribution is 9.10. The number of hydrogen-bond acceptors (Lipinski definition) is 3. The summed E-state index contributed by atoms with van der Waals surface area (Å²) in [5.74, 6) is -1.61. The van der Waals surface area contributed by atoms with E-state index < -0.39 is 11.9 Å². The first kappa shape index (κ1) is 10.5. The summed E-state index contributed by atoms with van der Waals surface area (Å²) in [5, 5.41) is 0. The van der Waals surface area contributed by atoms with Crippen LogP contribution >= 0.6 is 15.9 Å². The van der Waals surface area contributed by atoms with Crippen LogP contribution in [-0.2, 0) is 6.54 Å². The maximum atomic E-state index is 12.8. The zero-order valence-electron chi connectivity index (χ0n) is 7.18. The molecule has 0 aliphatic rings. The molecule has 0 unspecified atom stereocenters. The molecule has 0 saturated carbocycles. The first-order valence-corrected chi connectivity index (χ1v) is 4.32. The molecule has 6 heteroatoms. The van der Waals surface area contributed by atoms with E-state index in [0.29, 0.717) is 6.54 Å². The summed E-state index contributed by atoms with van der Waals surface area (Å²) in [5.41, 5.74) is 0. The van der Waals surface area contributed by atoms with Crippen LogP contribution in [0.5, 0.6) is 0 Å². The average Bonchev–Trinajstić information content (AvgIpc) is 1.98. The second-order valence-corrected chi connectivity index (χ2v) is 3.57. The lowest BCUT2D eigenvalue weighted by atomic mass is 10.5. The van der Waals surface area contributed by atoms with E-state index in [9.17, 15) is 8.78 Å². The maximum absolute atomic E-state index is 12.8. The van der Waals surface area contributed by atoms with E-state index in [4.69, 9.17) is 0 Å². The van der Waals surface area contributed by atoms with Crippen LogP contribution in [0.4, 0.5) is 8.78 Å². The predicted molar refractivity (Wildman–Crippen MR) is 47.0 cm³/mol. The summed E-state index contributed by atoms with van der Waals surface area (Å²) < 4.78 is 25.3. The van der Waals surface area contributed by atoms with Gasteiger partial charge in [-0.2, -0.15) is 8.78 Å². The van der Waals surface area contributed by atoms with Gasteiger partial charge in [-0.25, -0.2) is 9.97 Å². The zero-order valence-corrected chi connectivity index (χ0v) is 8.77. The summed E-state index contributed by atoms with van der Waals surface area (Å²) in [6.45, 7) is 0.307. The molecule has 0 amide bonds. The molecule has 1 aromatic rings. The molecule has 72 valence electrons. The molecule has 1 aromatic heterocycles. The van der Waals surface area contributed by atoms with Crippen LogP contribution < -0.4 is 0 Å². The Hall–Kier alpha value is -0.620.